The highest BCUT2D eigenvalue weighted by molar-refractivity contribution is 5.63. The van der Waals surface area contributed by atoms with Gasteiger partial charge in [0.25, 0.3) is 0 Å². The van der Waals surface area contributed by atoms with E-state index in [0.29, 0.717) is 5.82 Å². The number of benzene rings is 1. The highest BCUT2D eigenvalue weighted by Gasteiger charge is 1.98. The molecule has 0 aliphatic heterocycles. The molecule has 0 atom stereocenters. The van der Waals surface area contributed by atoms with Crippen molar-refractivity contribution in [2.45, 2.75) is 0 Å². The summed E-state index contributed by atoms with van der Waals surface area (Å²) in [7, 11) is 0. The topological polar surface area (TPSA) is 64.9 Å². The first kappa shape index (κ1) is 8.56. The second kappa shape index (κ2) is 3.38. The van der Waals surface area contributed by atoms with Crippen LogP contribution in [-0.2, 0) is 0 Å². The maximum Gasteiger partial charge on any atom is 0.124 e. The van der Waals surface area contributed by atoms with E-state index in [1.807, 2.05) is 36.4 Å². The number of hydrogen-bond acceptors (Lipinski definition) is 3. The fourth-order valence-corrected chi connectivity index (χ4v) is 1.27. The fourth-order valence-electron chi connectivity index (χ4n) is 1.27. The number of pyridine rings is 1. The molecule has 0 bridgehead atoms. The van der Waals surface area contributed by atoms with Crippen molar-refractivity contribution in [2.75, 3.05) is 11.5 Å². The molecule has 3 nitrogen and oxygen atoms in total. The maximum absolute atomic E-state index is 5.59. The smallest absolute Gasteiger partial charge is 0.124 e. The molecule has 0 amide bonds. The monoisotopic (exact) mass is 185 g/mol. The van der Waals surface area contributed by atoms with E-state index >= 15 is 0 Å². The van der Waals surface area contributed by atoms with Gasteiger partial charge in [0.2, 0.25) is 0 Å². The van der Waals surface area contributed by atoms with Gasteiger partial charge in [-0.1, -0.05) is 18.2 Å². The molecule has 1 heterocycles. The fraction of sp³-hybridized carbons (Fsp3) is 0. The second-order valence-electron chi connectivity index (χ2n) is 3.07. The van der Waals surface area contributed by atoms with Crippen LogP contribution in [0.25, 0.3) is 11.3 Å². The Morgan fingerprint density at radius 3 is 2.21 bits per heavy atom. The minimum absolute atomic E-state index is 0.527. The second-order valence-corrected chi connectivity index (χ2v) is 3.07. The first-order valence-corrected chi connectivity index (χ1v) is 4.34. The molecule has 0 aliphatic rings. The molecule has 2 aromatic rings. The molecule has 0 saturated carbocycles. The molecule has 2 rings (SSSR count). The summed E-state index contributed by atoms with van der Waals surface area (Å²) in [6.45, 7) is 0. The largest absolute Gasteiger partial charge is 0.399 e. The third-order valence-corrected chi connectivity index (χ3v) is 1.98. The molecular formula is C11H11N3. The highest BCUT2D eigenvalue weighted by Crippen LogP contribution is 2.18. The summed E-state index contributed by atoms with van der Waals surface area (Å²) in [4.78, 5) is 4.21. The van der Waals surface area contributed by atoms with Crippen LogP contribution in [-0.4, -0.2) is 4.98 Å². The number of nitrogens with two attached hydrogens (primary N) is 2. The first-order valence-electron chi connectivity index (χ1n) is 4.34. The lowest BCUT2D eigenvalue weighted by Crippen LogP contribution is -1.91. The molecule has 1 aromatic carbocycles. The van der Waals surface area contributed by atoms with Crippen molar-refractivity contribution in [1.82, 2.24) is 4.98 Å². The Morgan fingerprint density at radius 1 is 0.857 bits per heavy atom. The molecule has 4 N–H and O–H groups in total. The summed E-state index contributed by atoms with van der Waals surface area (Å²) in [6, 6.07) is 13.1. The van der Waals surface area contributed by atoms with Crippen LogP contribution in [0.1, 0.15) is 0 Å². The van der Waals surface area contributed by atoms with Gasteiger partial charge >= 0.3 is 0 Å². The molecule has 0 fully saturated rings. The SMILES string of the molecule is Nc1ccc(-c2cccc(N)n2)cc1. The molecule has 0 radical (unpaired) electrons. The number of aromatic nitrogens is 1. The van der Waals surface area contributed by atoms with Crippen LogP contribution < -0.4 is 11.5 Å². The average molecular weight is 185 g/mol. The van der Waals surface area contributed by atoms with E-state index in [0.717, 1.165) is 16.9 Å². The number of nitrogen functional groups attached to an aromatic ring is 2. The molecule has 14 heavy (non-hydrogen) atoms. The number of nitrogens with zero attached hydrogens (tertiary/aromatic N) is 1. The number of rotatable bonds is 1. The standard InChI is InChI=1S/C11H11N3/c12-9-6-4-8(5-7-9)10-2-1-3-11(13)14-10/h1-7H,12H2,(H2,13,14). The third kappa shape index (κ3) is 1.66. The van der Waals surface area contributed by atoms with Gasteiger partial charge in [-0.2, -0.15) is 0 Å². The zero-order chi connectivity index (χ0) is 9.97. The van der Waals surface area contributed by atoms with E-state index in [-0.39, 0.29) is 0 Å². The van der Waals surface area contributed by atoms with Crippen LogP contribution in [0.15, 0.2) is 42.5 Å². The first-order chi connectivity index (χ1) is 6.75. The third-order valence-electron chi connectivity index (χ3n) is 1.98. The lowest BCUT2D eigenvalue weighted by atomic mass is 10.1. The summed E-state index contributed by atoms with van der Waals surface area (Å²) < 4.78 is 0. The molecule has 0 saturated heterocycles. The Hall–Kier alpha value is -2.03. The Labute approximate surface area is 82.4 Å². The normalized spacial score (nSPS) is 10.0. The van der Waals surface area contributed by atoms with Crippen molar-refractivity contribution in [3.05, 3.63) is 42.5 Å². The summed E-state index contributed by atoms with van der Waals surface area (Å²) in [5.74, 6) is 0.527. The zero-order valence-corrected chi connectivity index (χ0v) is 7.64. The molecule has 0 unspecified atom stereocenters. The van der Waals surface area contributed by atoms with Crippen LogP contribution >= 0.6 is 0 Å². The van der Waals surface area contributed by atoms with E-state index in [1.165, 1.54) is 0 Å². The predicted octanol–water partition coefficient (Wildman–Crippen LogP) is 1.91. The van der Waals surface area contributed by atoms with Crippen LogP contribution in [0.3, 0.4) is 0 Å². The van der Waals surface area contributed by atoms with Crippen LogP contribution in [0.4, 0.5) is 11.5 Å². The van der Waals surface area contributed by atoms with Crippen molar-refractivity contribution < 1.29 is 0 Å². The molecule has 0 spiro atoms. The number of hydrogen-bond donors (Lipinski definition) is 2. The summed E-state index contributed by atoms with van der Waals surface area (Å²) in [6.07, 6.45) is 0. The van der Waals surface area contributed by atoms with E-state index in [1.54, 1.807) is 6.07 Å². The van der Waals surface area contributed by atoms with Gasteiger partial charge in [0.15, 0.2) is 0 Å². The van der Waals surface area contributed by atoms with E-state index < -0.39 is 0 Å². The lowest BCUT2D eigenvalue weighted by molar-refractivity contribution is 1.33. The van der Waals surface area contributed by atoms with Gasteiger partial charge in [-0.15, -0.1) is 0 Å². The van der Waals surface area contributed by atoms with Crippen LogP contribution in [0.2, 0.25) is 0 Å². The molecule has 0 aliphatic carbocycles. The predicted molar refractivity (Wildman–Crippen MR) is 58.5 cm³/mol. The summed E-state index contributed by atoms with van der Waals surface area (Å²) >= 11 is 0. The summed E-state index contributed by atoms with van der Waals surface area (Å²) in [5.41, 5.74) is 13.8. The molecule has 70 valence electrons. The minimum atomic E-state index is 0.527. The van der Waals surface area contributed by atoms with Gasteiger partial charge in [0, 0.05) is 11.3 Å². The maximum atomic E-state index is 5.59. The van der Waals surface area contributed by atoms with Gasteiger partial charge in [-0.25, -0.2) is 4.98 Å². The van der Waals surface area contributed by atoms with Crippen molar-refractivity contribution in [3.63, 3.8) is 0 Å². The van der Waals surface area contributed by atoms with Gasteiger partial charge in [0.1, 0.15) is 5.82 Å². The van der Waals surface area contributed by atoms with Crippen molar-refractivity contribution in [1.29, 1.82) is 0 Å². The summed E-state index contributed by atoms with van der Waals surface area (Å²) in [5, 5.41) is 0. The average Bonchev–Trinajstić information content (AvgIpc) is 2.19. The van der Waals surface area contributed by atoms with Crippen LogP contribution in [0, 0.1) is 0 Å². The van der Waals surface area contributed by atoms with E-state index in [2.05, 4.69) is 4.98 Å². The highest BCUT2D eigenvalue weighted by atomic mass is 14.8. The van der Waals surface area contributed by atoms with Gasteiger partial charge < -0.3 is 11.5 Å². The van der Waals surface area contributed by atoms with Crippen LogP contribution in [0.5, 0.6) is 0 Å². The number of anilines is 2. The molecule has 1 aromatic heterocycles. The van der Waals surface area contributed by atoms with E-state index in [9.17, 15) is 0 Å². The Balaban J connectivity index is 2.44. The van der Waals surface area contributed by atoms with Gasteiger partial charge in [-0.3, -0.25) is 0 Å². The molecular weight excluding hydrogens is 174 g/mol. The minimum Gasteiger partial charge on any atom is -0.399 e. The van der Waals surface area contributed by atoms with Gasteiger partial charge in [0.05, 0.1) is 5.69 Å². The van der Waals surface area contributed by atoms with Crippen molar-refractivity contribution in [3.8, 4) is 11.3 Å². The van der Waals surface area contributed by atoms with Crippen molar-refractivity contribution >= 4 is 11.5 Å². The van der Waals surface area contributed by atoms with Crippen molar-refractivity contribution in [2.24, 2.45) is 0 Å². The quantitative estimate of drug-likeness (QED) is 0.667. The molecule has 3 heteroatoms. The Morgan fingerprint density at radius 2 is 1.57 bits per heavy atom. The zero-order valence-electron chi connectivity index (χ0n) is 7.64. The Kier molecular flexibility index (Phi) is 2.07. The van der Waals surface area contributed by atoms with Gasteiger partial charge in [-0.05, 0) is 24.3 Å². The lowest BCUT2D eigenvalue weighted by Gasteiger charge is -2.01. The van der Waals surface area contributed by atoms with E-state index in [4.69, 9.17) is 11.5 Å². The Bertz CT molecular complexity index is 435.